The van der Waals surface area contributed by atoms with Crippen molar-refractivity contribution in [1.29, 1.82) is 0 Å². The number of hydrogen-bond donors (Lipinski definition) is 1. The van der Waals surface area contributed by atoms with Crippen LogP contribution in [0.3, 0.4) is 0 Å². The third kappa shape index (κ3) is 4.89. The highest BCUT2D eigenvalue weighted by Crippen LogP contribution is 2.30. The van der Waals surface area contributed by atoms with Gasteiger partial charge < -0.3 is 14.7 Å². The number of piperidine rings is 1. The molecule has 0 saturated carbocycles. The Morgan fingerprint density at radius 1 is 1.47 bits per heavy atom. The van der Waals surface area contributed by atoms with Crippen molar-refractivity contribution in [3.8, 4) is 11.8 Å². The summed E-state index contributed by atoms with van der Waals surface area (Å²) in [6, 6.07) is 0.361. The summed E-state index contributed by atoms with van der Waals surface area (Å²) in [5.74, 6) is 6.08. The maximum absolute atomic E-state index is 10.6. The van der Waals surface area contributed by atoms with E-state index in [1.807, 2.05) is 0 Å². The molecule has 1 heterocycles. The van der Waals surface area contributed by atoms with Crippen LogP contribution >= 0.6 is 0 Å². The molecule has 0 unspecified atom stereocenters. The molecule has 1 fully saturated rings. The van der Waals surface area contributed by atoms with Gasteiger partial charge in [-0.25, -0.2) is 0 Å². The van der Waals surface area contributed by atoms with Gasteiger partial charge in [0.05, 0.1) is 12.9 Å². The van der Waals surface area contributed by atoms with Crippen molar-refractivity contribution in [3.63, 3.8) is 0 Å². The van der Waals surface area contributed by atoms with Crippen molar-refractivity contribution in [1.82, 2.24) is 4.90 Å². The van der Waals surface area contributed by atoms with Crippen LogP contribution in [-0.4, -0.2) is 41.8 Å². The molecule has 0 spiro atoms. The van der Waals surface area contributed by atoms with Crippen molar-refractivity contribution < 1.29 is 9.84 Å². The van der Waals surface area contributed by atoms with Crippen LogP contribution in [0.4, 0.5) is 0 Å². The second kappa shape index (κ2) is 7.57. The van der Waals surface area contributed by atoms with Crippen LogP contribution in [0.25, 0.3) is 0 Å². The summed E-state index contributed by atoms with van der Waals surface area (Å²) >= 11 is 0. The van der Waals surface area contributed by atoms with E-state index in [0.717, 1.165) is 26.0 Å². The zero-order valence-corrected chi connectivity index (χ0v) is 12.6. The lowest BCUT2D eigenvalue weighted by molar-refractivity contribution is -0.0346. The average Bonchev–Trinajstić information content (AvgIpc) is 2.36. The van der Waals surface area contributed by atoms with Crippen LogP contribution in [0.2, 0.25) is 0 Å². The molecule has 1 aliphatic heterocycles. The average molecular weight is 265 g/mol. The quantitative estimate of drug-likeness (QED) is 0.481. The molecular weight excluding hydrogens is 238 g/mol. The highest BCUT2D eigenvalue weighted by Gasteiger charge is 2.39. The molecule has 0 aromatic heterocycles. The fraction of sp³-hybridized carbons (Fsp3) is 0.750. The van der Waals surface area contributed by atoms with Crippen molar-refractivity contribution in [3.05, 3.63) is 12.3 Å². The van der Waals surface area contributed by atoms with Crippen LogP contribution in [0.5, 0.6) is 0 Å². The molecule has 0 aromatic rings. The number of ether oxygens (including phenoxy) is 1. The van der Waals surface area contributed by atoms with Gasteiger partial charge in [0.1, 0.15) is 5.60 Å². The van der Waals surface area contributed by atoms with Crippen LogP contribution < -0.4 is 0 Å². The fourth-order valence-corrected chi connectivity index (χ4v) is 2.29. The van der Waals surface area contributed by atoms with Gasteiger partial charge in [0.15, 0.2) is 0 Å². The van der Waals surface area contributed by atoms with E-state index in [1.54, 1.807) is 12.3 Å². The van der Waals surface area contributed by atoms with E-state index in [1.165, 1.54) is 0 Å². The van der Waals surface area contributed by atoms with Crippen molar-refractivity contribution in [2.75, 3.05) is 20.2 Å². The first kappa shape index (κ1) is 16.1. The van der Waals surface area contributed by atoms with Gasteiger partial charge in [-0.05, 0) is 20.4 Å². The first-order valence-electron chi connectivity index (χ1n) is 7.21. The first-order valence-corrected chi connectivity index (χ1v) is 7.21. The molecule has 1 saturated heterocycles. The Bertz CT molecular complexity index is 355. The molecular formula is C16H27NO2. The normalized spacial score (nSPS) is 32.1. The first-order chi connectivity index (χ1) is 8.99. The highest BCUT2D eigenvalue weighted by molar-refractivity contribution is 5.24. The molecule has 0 aliphatic carbocycles. The smallest absolute Gasteiger partial charge is 0.131 e. The molecule has 3 nitrogen and oxygen atoms in total. The molecule has 0 aromatic carbocycles. The lowest BCUT2D eigenvalue weighted by Gasteiger charge is -2.42. The number of aliphatic hydroxyl groups is 1. The van der Waals surface area contributed by atoms with E-state index in [9.17, 15) is 5.11 Å². The van der Waals surface area contributed by atoms with E-state index >= 15 is 0 Å². The van der Waals surface area contributed by atoms with Gasteiger partial charge >= 0.3 is 0 Å². The maximum Gasteiger partial charge on any atom is 0.131 e. The van der Waals surface area contributed by atoms with Gasteiger partial charge in [0.25, 0.3) is 0 Å². The summed E-state index contributed by atoms with van der Waals surface area (Å²) in [6.45, 7) is 7.92. The Hall–Kier alpha value is -0.980. The summed E-state index contributed by atoms with van der Waals surface area (Å²) in [5, 5.41) is 10.6. The summed E-state index contributed by atoms with van der Waals surface area (Å²) < 4.78 is 5.29. The predicted octanol–water partition coefficient (Wildman–Crippen LogP) is 2.41. The third-order valence-corrected chi connectivity index (χ3v) is 3.89. The molecule has 19 heavy (non-hydrogen) atoms. The van der Waals surface area contributed by atoms with Gasteiger partial charge in [-0.2, -0.15) is 0 Å². The van der Waals surface area contributed by atoms with Crippen LogP contribution in [0, 0.1) is 17.8 Å². The number of nitrogens with zero attached hydrogens (tertiary/aromatic N) is 1. The molecule has 0 radical (unpaired) electrons. The highest BCUT2D eigenvalue weighted by atomic mass is 16.5. The minimum Gasteiger partial charge on any atom is -0.501 e. The molecule has 1 N–H and O–H groups in total. The third-order valence-electron chi connectivity index (χ3n) is 3.89. The maximum atomic E-state index is 10.6. The van der Waals surface area contributed by atoms with Gasteiger partial charge in [0, 0.05) is 31.0 Å². The number of allylic oxidation sites excluding steroid dienone is 1. The Labute approximate surface area is 117 Å². The minimum atomic E-state index is -0.875. The molecule has 0 bridgehead atoms. The van der Waals surface area contributed by atoms with Gasteiger partial charge in [0.2, 0.25) is 0 Å². The Balaban J connectivity index is 2.50. The van der Waals surface area contributed by atoms with E-state index in [0.29, 0.717) is 12.5 Å². The second-order valence-corrected chi connectivity index (χ2v) is 5.61. The number of rotatable bonds is 4. The Kier molecular flexibility index (Phi) is 6.41. The molecule has 1 aliphatic rings. The van der Waals surface area contributed by atoms with Gasteiger partial charge in [-0.1, -0.05) is 32.1 Å². The van der Waals surface area contributed by atoms with Crippen LogP contribution in [0.15, 0.2) is 12.3 Å². The van der Waals surface area contributed by atoms with Crippen LogP contribution in [0.1, 0.15) is 40.0 Å². The van der Waals surface area contributed by atoms with Gasteiger partial charge in [-0.3, -0.25) is 0 Å². The van der Waals surface area contributed by atoms with Crippen molar-refractivity contribution in [2.24, 2.45) is 5.92 Å². The lowest BCUT2D eigenvalue weighted by Crippen LogP contribution is -2.52. The van der Waals surface area contributed by atoms with E-state index in [-0.39, 0.29) is 5.92 Å². The SMILES string of the molecule is CCCCO/C=C/C#C[C@]1(O)C[C@@H](C)N(C)C[C@H]1C. The predicted molar refractivity (Wildman–Crippen MR) is 78.6 cm³/mol. The summed E-state index contributed by atoms with van der Waals surface area (Å²) in [7, 11) is 2.09. The lowest BCUT2D eigenvalue weighted by atomic mass is 9.79. The standard InChI is InChI=1S/C16H27NO2/c1-5-6-10-19-11-8-7-9-16(18)12-15(3)17(4)13-14(16)2/h8,11,14-15,18H,5-6,10,12-13H2,1-4H3/b11-8+/t14-,15-,16+/m1/s1. The topological polar surface area (TPSA) is 32.7 Å². The summed E-state index contributed by atoms with van der Waals surface area (Å²) in [6.07, 6.45) is 6.19. The number of unbranched alkanes of at least 4 members (excludes halogenated alkanes) is 1. The Morgan fingerprint density at radius 2 is 2.21 bits per heavy atom. The number of hydrogen-bond acceptors (Lipinski definition) is 3. The largest absolute Gasteiger partial charge is 0.501 e. The summed E-state index contributed by atoms with van der Waals surface area (Å²) in [5.41, 5.74) is -0.875. The van der Waals surface area contributed by atoms with Crippen molar-refractivity contribution >= 4 is 0 Å². The van der Waals surface area contributed by atoms with Crippen LogP contribution in [-0.2, 0) is 4.74 Å². The van der Waals surface area contributed by atoms with Gasteiger partial charge in [-0.15, -0.1) is 0 Å². The van der Waals surface area contributed by atoms with E-state index in [4.69, 9.17) is 4.74 Å². The van der Waals surface area contributed by atoms with Crippen molar-refractivity contribution in [2.45, 2.75) is 51.7 Å². The molecule has 108 valence electrons. The minimum absolute atomic E-state index is 0.163. The van der Waals surface area contributed by atoms with E-state index in [2.05, 4.69) is 44.6 Å². The van der Waals surface area contributed by atoms with E-state index < -0.39 is 5.60 Å². The Morgan fingerprint density at radius 3 is 2.89 bits per heavy atom. The molecule has 3 atom stereocenters. The molecule has 1 rings (SSSR count). The zero-order chi connectivity index (χ0) is 14.3. The molecule has 3 heteroatoms. The summed E-state index contributed by atoms with van der Waals surface area (Å²) in [4.78, 5) is 2.27. The number of likely N-dealkylation sites (tertiary alicyclic amines) is 1. The monoisotopic (exact) mass is 265 g/mol. The fourth-order valence-electron chi connectivity index (χ4n) is 2.29. The molecule has 0 amide bonds. The second-order valence-electron chi connectivity index (χ2n) is 5.61. The zero-order valence-electron chi connectivity index (χ0n) is 12.6.